The SMILES string of the molecule is COCCCCOc1ccccc1Br. The van der Waals surface area contributed by atoms with Crippen LogP contribution in [0.15, 0.2) is 28.7 Å². The standard InChI is InChI=1S/C11H15BrO2/c1-13-8-4-5-9-14-11-7-3-2-6-10(11)12/h2-3,6-7H,4-5,8-9H2,1H3. The van der Waals surface area contributed by atoms with E-state index in [4.69, 9.17) is 9.47 Å². The molecule has 0 aliphatic rings. The van der Waals surface area contributed by atoms with E-state index in [1.807, 2.05) is 24.3 Å². The Bertz CT molecular complexity index is 263. The zero-order chi connectivity index (χ0) is 10.2. The molecule has 0 amide bonds. The van der Waals surface area contributed by atoms with Crippen molar-refractivity contribution in [3.8, 4) is 5.75 Å². The molecule has 14 heavy (non-hydrogen) atoms. The molecule has 0 spiro atoms. The van der Waals surface area contributed by atoms with Gasteiger partial charge in [0.05, 0.1) is 11.1 Å². The lowest BCUT2D eigenvalue weighted by atomic mass is 10.3. The van der Waals surface area contributed by atoms with Gasteiger partial charge < -0.3 is 9.47 Å². The first-order valence-corrected chi connectivity index (χ1v) is 5.50. The third-order valence-electron chi connectivity index (χ3n) is 1.84. The predicted molar refractivity (Wildman–Crippen MR) is 60.7 cm³/mol. The van der Waals surface area contributed by atoms with E-state index in [2.05, 4.69) is 15.9 Å². The molecule has 0 saturated carbocycles. The van der Waals surface area contributed by atoms with Crippen molar-refractivity contribution in [3.05, 3.63) is 28.7 Å². The predicted octanol–water partition coefficient (Wildman–Crippen LogP) is 3.25. The second-order valence-corrected chi connectivity index (χ2v) is 3.83. The van der Waals surface area contributed by atoms with Crippen molar-refractivity contribution in [1.82, 2.24) is 0 Å². The molecule has 1 aromatic rings. The number of hydrogen-bond acceptors (Lipinski definition) is 2. The molecule has 0 aromatic heterocycles. The number of rotatable bonds is 6. The van der Waals surface area contributed by atoms with Gasteiger partial charge in [-0.05, 0) is 40.9 Å². The van der Waals surface area contributed by atoms with E-state index in [0.717, 1.165) is 36.3 Å². The second kappa shape index (κ2) is 6.85. The first-order chi connectivity index (χ1) is 6.84. The van der Waals surface area contributed by atoms with Gasteiger partial charge in [-0.1, -0.05) is 12.1 Å². The highest BCUT2D eigenvalue weighted by molar-refractivity contribution is 9.10. The van der Waals surface area contributed by atoms with Crippen molar-refractivity contribution in [2.75, 3.05) is 20.3 Å². The van der Waals surface area contributed by atoms with Crippen LogP contribution in [0.5, 0.6) is 5.75 Å². The Morgan fingerprint density at radius 2 is 1.86 bits per heavy atom. The molecule has 0 fully saturated rings. The number of benzene rings is 1. The average molecular weight is 259 g/mol. The van der Waals surface area contributed by atoms with Crippen molar-refractivity contribution < 1.29 is 9.47 Å². The molecule has 0 atom stereocenters. The first-order valence-electron chi connectivity index (χ1n) is 4.71. The monoisotopic (exact) mass is 258 g/mol. The number of para-hydroxylation sites is 1. The Labute approximate surface area is 93.4 Å². The van der Waals surface area contributed by atoms with Crippen LogP contribution >= 0.6 is 15.9 Å². The molecular weight excluding hydrogens is 244 g/mol. The minimum absolute atomic E-state index is 0.742. The molecule has 0 bridgehead atoms. The Hall–Kier alpha value is -0.540. The lowest BCUT2D eigenvalue weighted by Crippen LogP contribution is -1.99. The molecule has 0 saturated heterocycles. The Balaban J connectivity index is 2.21. The summed E-state index contributed by atoms with van der Waals surface area (Å²) in [4.78, 5) is 0. The maximum Gasteiger partial charge on any atom is 0.133 e. The van der Waals surface area contributed by atoms with Crippen LogP contribution in [-0.2, 0) is 4.74 Å². The third-order valence-corrected chi connectivity index (χ3v) is 2.49. The van der Waals surface area contributed by atoms with Crippen LogP contribution in [0.25, 0.3) is 0 Å². The van der Waals surface area contributed by atoms with Gasteiger partial charge in [-0.15, -0.1) is 0 Å². The number of methoxy groups -OCH3 is 1. The largest absolute Gasteiger partial charge is 0.492 e. The molecule has 2 nitrogen and oxygen atoms in total. The number of ether oxygens (including phenoxy) is 2. The molecule has 78 valence electrons. The maximum atomic E-state index is 5.58. The lowest BCUT2D eigenvalue weighted by Gasteiger charge is -2.07. The fourth-order valence-corrected chi connectivity index (χ4v) is 1.49. The molecule has 0 N–H and O–H groups in total. The van der Waals surface area contributed by atoms with Gasteiger partial charge in [0.1, 0.15) is 5.75 Å². The molecule has 0 heterocycles. The van der Waals surface area contributed by atoms with E-state index in [-0.39, 0.29) is 0 Å². The topological polar surface area (TPSA) is 18.5 Å². The van der Waals surface area contributed by atoms with Gasteiger partial charge in [0.15, 0.2) is 0 Å². The summed E-state index contributed by atoms with van der Waals surface area (Å²) in [6.45, 7) is 1.55. The maximum absolute atomic E-state index is 5.58. The molecule has 1 aromatic carbocycles. The molecule has 1 rings (SSSR count). The van der Waals surface area contributed by atoms with Crippen LogP contribution in [0.2, 0.25) is 0 Å². The van der Waals surface area contributed by atoms with Crippen molar-refractivity contribution >= 4 is 15.9 Å². The zero-order valence-corrected chi connectivity index (χ0v) is 9.92. The summed E-state index contributed by atoms with van der Waals surface area (Å²) in [5.41, 5.74) is 0. The van der Waals surface area contributed by atoms with E-state index >= 15 is 0 Å². The zero-order valence-electron chi connectivity index (χ0n) is 8.33. The highest BCUT2D eigenvalue weighted by Crippen LogP contribution is 2.23. The summed E-state index contributed by atoms with van der Waals surface area (Å²) in [6, 6.07) is 7.88. The van der Waals surface area contributed by atoms with E-state index < -0.39 is 0 Å². The molecule has 0 aliphatic carbocycles. The quantitative estimate of drug-likeness (QED) is 0.730. The van der Waals surface area contributed by atoms with E-state index in [0.29, 0.717) is 0 Å². The van der Waals surface area contributed by atoms with Gasteiger partial charge in [0, 0.05) is 13.7 Å². The van der Waals surface area contributed by atoms with Gasteiger partial charge in [-0.3, -0.25) is 0 Å². The second-order valence-electron chi connectivity index (χ2n) is 2.98. The van der Waals surface area contributed by atoms with Crippen molar-refractivity contribution in [3.63, 3.8) is 0 Å². The van der Waals surface area contributed by atoms with Crippen molar-refractivity contribution in [1.29, 1.82) is 0 Å². The smallest absolute Gasteiger partial charge is 0.133 e. The van der Waals surface area contributed by atoms with Gasteiger partial charge >= 0.3 is 0 Å². The molecule has 0 aliphatic heterocycles. The van der Waals surface area contributed by atoms with Crippen LogP contribution in [0.3, 0.4) is 0 Å². The molecule has 0 unspecified atom stereocenters. The molecule has 0 radical (unpaired) electrons. The highest BCUT2D eigenvalue weighted by Gasteiger charge is 1.97. The van der Waals surface area contributed by atoms with E-state index in [9.17, 15) is 0 Å². The van der Waals surface area contributed by atoms with Crippen LogP contribution in [0.4, 0.5) is 0 Å². The summed E-state index contributed by atoms with van der Waals surface area (Å²) < 4.78 is 11.5. The summed E-state index contributed by atoms with van der Waals surface area (Å²) in [7, 11) is 1.72. The first kappa shape index (κ1) is 11.5. The summed E-state index contributed by atoms with van der Waals surface area (Å²) >= 11 is 3.43. The van der Waals surface area contributed by atoms with Gasteiger partial charge in [0.2, 0.25) is 0 Å². The summed E-state index contributed by atoms with van der Waals surface area (Å²) in [5, 5.41) is 0. The number of unbranched alkanes of at least 4 members (excludes halogenated alkanes) is 1. The van der Waals surface area contributed by atoms with Crippen LogP contribution in [-0.4, -0.2) is 20.3 Å². The van der Waals surface area contributed by atoms with Crippen molar-refractivity contribution in [2.24, 2.45) is 0 Å². The normalized spacial score (nSPS) is 10.1. The lowest BCUT2D eigenvalue weighted by molar-refractivity contribution is 0.184. The third kappa shape index (κ3) is 4.11. The fraction of sp³-hybridized carbons (Fsp3) is 0.455. The Morgan fingerprint density at radius 3 is 2.57 bits per heavy atom. The Kier molecular flexibility index (Phi) is 5.64. The highest BCUT2D eigenvalue weighted by atomic mass is 79.9. The van der Waals surface area contributed by atoms with Crippen molar-refractivity contribution in [2.45, 2.75) is 12.8 Å². The number of halogens is 1. The van der Waals surface area contributed by atoms with Crippen LogP contribution < -0.4 is 4.74 Å². The van der Waals surface area contributed by atoms with E-state index in [1.165, 1.54) is 0 Å². The van der Waals surface area contributed by atoms with E-state index in [1.54, 1.807) is 7.11 Å². The summed E-state index contributed by atoms with van der Waals surface area (Å²) in [6.07, 6.45) is 2.07. The molecular formula is C11H15BrO2. The fourth-order valence-electron chi connectivity index (χ4n) is 1.09. The summed E-state index contributed by atoms with van der Waals surface area (Å²) in [5.74, 6) is 0.907. The van der Waals surface area contributed by atoms with Gasteiger partial charge in [0.25, 0.3) is 0 Å². The minimum atomic E-state index is 0.742. The van der Waals surface area contributed by atoms with Crippen LogP contribution in [0, 0.1) is 0 Å². The number of hydrogen-bond donors (Lipinski definition) is 0. The Morgan fingerprint density at radius 1 is 1.14 bits per heavy atom. The minimum Gasteiger partial charge on any atom is -0.492 e. The van der Waals surface area contributed by atoms with Gasteiger partial charge in [-0.25, -0.2) is 0 Å². The van der Waals surface area contributed by atoms with Gasteiger partial charge in [-0.2, -0.15) is 0 Å². The average Bonchev–Trinajstić information content (AvgIpc) is 2.20. The molecule has 3 heteroatoms. The van der Waals surface area contributed by atoms with Crippen LogP contribution in [0.1, 0.15) is 12.8 Å².